The first kappa shape index (κ1) is 34.0. The molecule has 3 atom stereocenters. The van der Waals surface area contributed by atoms with E-state index < -0.39 is 0 Å². The molecule has 0 spiro atoms. The van der Waals surface area contributed by atoms with Gasteiger partial charge in [-0.25, -0.2) is 0 Å². The summed E-state index contributed by atoms with van der Waals surface area (Å²) < 4.78 is 8.77. The van der Waals surface area contributed by atoms with Gasteiger partial charge in [0.05, 0.1) is 25.5 Å². The van der Waals surface area contributed by atoms with Crippen LogP contribution in [0.25, 0.3) is 22.0 Å². The number of hydrogen-bond acceptors (Lipinski definition) is 5. The fourth-order valence-corrected chi connectivity index (χ4v) is 6.79. The number of benzene rings is 4. The smallest absolute Gasteiger partial charge is 0.228 e. The summed E-state index contributed by atoms with van der Waals surface area (Å²) in [6, 6.07) is 32.3. The Morgan fingerprint density at radius 1 is 1.00 bits per heavy atom. The van der Waals surface area contributed by atoms with E-state index in [1.54, 1.807) is 4.90 Å². The summed E-state index contributed by atoms with van der Waals surface area (Å²) in [5, 5.41) is 14.1. The molecule has 5 aromatic rings. The fourth-order valence-electron chi connectivity index (χ4n) is 6.79. The second-order valence-electron chi connectivity index (χ2n) is 13.5. The first-order chi connectivity index (χ1) is 23.7. The lowest BCUT2D eigenvalue weighted by atomic mass is 10.0. The number of ether oxygens (including phenoxy) is 1. The molecule has 0 fully saturated rings. The lowest BCUT2D eigenvalue weighted by Gasteiger charge is -2.34. The highest BCUT2D eigenvalue weighted by molar-refractivity contribution is 5.96. The number of nitrogens with zero attached hydrogens (tertiary/aromatic N) is 3. The molecular formula is C41H46N4O4. The van der Waals surface area contributed by atoms with Crippen LogP contribution >= 0.6 is 0 Å². The van der Waals surface area contributed by atoms with Crippen molar-refractivity contribution < 1.29 is 19.4 Å². The summed E-state index contributed by atoms with van der Waals surface area (Å²) in [7, 11) is 4.07. The first-order valence-corrected chi connectivity index (χ1v) is 17.0. The molecule has 2 N–H and O–H groups in total. The molecule has 4 aromatic carbocycles. The number of aromatic nitrogens is 1. The zero-order valence-corrected chi connectivity index (χ0v) is 28.8. The molecule has 0 bridgehead atoms. The molecular weight excluding hydrogens is 612 g/mol. The van der Waals surface area contributed by atoms with E-state index in [9.17, 15) is 14.7 Å². The Morgan fingerprint density at radius 2 is 1.71 bits per heavy atom. The van der Waals surface area contributed by atoms with Crippen LogP contribution in [0.15, 0.2) is 103 Å². The number of anilines is 1. The minimum Gasteiger partial charge on any atom is -0.488 e. The van der Waals surface area contributed by atoms with Gasteiger partial charge in [-0.1, -0.05) is 79.7 Å². The summed E-state index contributed by atoms with van der Waals surface area (Å²) in [4.78, 5) is 30.9. The molecule has 8 nitrogen and oxygen atoms in total. The van der Waals surface area contributed by atoms with Gasteiger partial charge in [0.25, 0.3) is 0 Å². The molecule has 2 amide bonds. The molecule has 1 aliphatic heterocycles. The van der Waals surface area contributed by atoms with Gasteiger partial charge < -0.3 is 24.6 Å². The van der Waals surface area contributed by atoms with Crippen molar-refractivity contribution in [3.05, 3.63) is 120 Å². The molecule has 0 saturated carbocycles. The topological polar surface area (TPSA) is 87.0 Å². The predicted octanol–water partition coefficient (Wildman–Crippen LogP) is 6.31. The van der Waals surface area contributed by atoms with Crippen molar-refractivity contribution in [1.82, 2.24) is 14.4 Å². The highest BCUT2D eigenvalue weighted by atomic mass is 16.5. The molecule has 49 heavy (non-hydrogen) atoms. The van der Waals surface area contributed by atoms with Gasteiger partial charge in [0.2, 0.25) is 11.8 Å². The maximum absolute atomic E-state index is 13.7. The third-order valence-electron chi connectivity index (χ3n) is 9.54. The summed E-state index contributed by atoms with van der Waals surface area (Å²) >= 11 is 0. The lowest BCUT2D eigenvalue weighted by Crippen LogP contribution is -2.47. The van der Waals surface area contributed by atoms with Gasteiger partial charge in [0, 0.05) is 61.0 Å². The van der Waals surface area contributed by atoms with Gasteiger partial charge in [-0.05, 0) is 60.5 Å². The molecule has 254 valence electrons. The van der Waals surface area contributed by atoms with Gasteiger partial charge >= 0.3 is 0 Å². The number of hydrogen-bond donors (Lipinski definition) is 2. The lowest BCUT2D eigenvalue weighted by molar-refractivity contribution is -0.134. The summed E-state index contributed by atoms with van der Waals surface area (Å²) in [6.45, 7) is 5.69. The summed E-state index contributed by atoms with van der Waals surface area (Å²) in [6.07, 6.45) is 2.11. The maximum Gasteiger partial charge on any atom is 0.228 e. The Morgan fingerprint density at radius 3 is 2.47 bits per heavy atom. The zero-order chi connectivity index (χ0) is 34.5. The summed E-state index contributed by atoms with van der Waals surface area (Å²) in [5.74, 6) is 0.417. The second-order valence-corrected chi connectivity index (χ2v) is 13.5. The predicted molar refractivity (Wildman–Crippen MR) is 195 cm³/mol. The number of amides is 2. The van der Waals surface area contributed by atoms with Crippen LogP contribution in [0.5, 0.6) is 5.75 Å². The molecule has 1 aliphatic rings. The SMILES string of the molecule is C[C@@H]1CN([C@@H](C)CO)C(=O)Cc2cc(NC(=O)Cc3cn(C)c4ccccc34)ccc2O[C@@H]1CN(C)Cc1ccc(-c2ccccc2)cc1. The van der Waals surface area contributed by atoms with Gasteiger partial charge in [-0.2, -0.15) is 0 Å². The highest BCUT2D eigenvalue weighted by Gasteiger charge is 2.31. The van der Waals surface area contributed by atoms with Crippen LogP contribution in [-0.2, 0) is 36.0 Å². The summed E-state index contributed by atoms with van der Waals surface area (Å²) in [5.41, 5.74) is 6.94. The van der Waals surface area contributed by atoms with Gasteiger partial charge in [0.15, 0.2) is 0 Å². The Labute approximate surface area is 288 Å². The number of rotatable bonds is 10. The standard InChI is InChI=1S/C41H46N4O4/c1-28-23-45(29(2)27-46)41(48)22-33-20-35(42-40(47)21-34-25-44(4)37-13-9-8-12-36(34)37)18-19-38(33)49-39(28)26-43(3)24-30-14-16-32(17-15-30)31-10-6-5-7-11-31/h5-20,25,28-29,39,46H,21-24,26-27H2,1-4H3,(H,42,47)/t28-,29+,39-/m1/s1. The second kappa shape index (κ2) is 15.1. The fraction of sp³-hybridized carbons (Fsp3) is 0.317. The molecule has 0 unspecified atom stereocenters. The molecule has 0 radical (unpaired) electrons. The van der Waals surface area contributed by atoms with Crippen LogP contribution in [0.3, 0.4) is 0 Å². The van der Waals surface area contributed by atoms with E-state index in [0.717, 1.165) is 23.0 Å². The van der Waals surface area contributed by atoms with Crippen molar-refractivity contribution >= 4 is 28.4 Å². The van der Waals surface area contributed by atoms with E-state index in [-0.39, 0.29) is 49.3 Å². The van der Waals surface area contributed by atoms with E-state index >= 15 is 0 Å². The minimum absolute atomic E-state index is 0.00752. The Balaban J connectivity index is 1.19. The normalized spacial score (nSPS) is 17.2. The first-order valence-electron chi connectivity index (χ1n) is 17.0. The number of aliphatic hydroxyl groups excluding tert-OH is 1. The number of nitrogens with one attached hydrogen (secondary N) is 1. The Hall–Kier alpha value is -4.92. The number of fused-ring (bicyclic) bond motifs is 2. The van der Waals surface area contributed by atoms with Gasteiger partial charge in [-0.15, -0.1) is 0 Å². The molecule has 0 aliphatic carbocycles. The van der Waals surface area contributed by atoms with Crippen LogP contribution in [0, 0.1) is 5.92 Å². The van der Waals surface area contributed by atoms with Crippen molar-refractivity contribution in [3.63, 3.8) is 0 Å². The van der Waals surface area contributed by atoms with Crippen molar-refractivity contribution in [2.45, 2.75) is 45.4 Å². The molecule has 1 aromatic heterocycles. The number of aryl methyl sites for hydroxylation is 1. The van der Waals surface area contributed by atoms with Crippen molar-refractivity contribution in [3.8, 4) is 16.9 Å². The molecule has 2 heterocycles. The number of carbonyl (C=O) groups excluding carboxylic acids is 2. The Kier molecular flexibility index (Phi) is 10.5. The van der Waals surface area contributed by atoms with Crippen molar-refractivity contribution in [2.75, 3.05) is 32.1 Å². The average molecular weight is 659 g/mol. The number of carbonyl (C=O) groups is 2. The van der Waals surface area contributed by atoms with E-state index in [0.29, 0.717) is 30.1 Å². The van der Waals surface area contributed by atoms with Crippen LogP contribution in [0.4, 0.5) is 5.69 Å². The number of likely N-dealkylation sites (N-methyl/N-ethyl adjacent to an activating group) is 1. The average Bonchev–Trinajstić information content (AvgIpc) is 3.43. The third kappa shape index (κ3) is 8.04. The maximum atomic E-state index is 13.7. The van der Waals surface area contributed by atoms with Crippen LogP contribution in [0.1, 0.15) is 30.5 Å². The van der Waals surface area contributed by atoms with Crippen molar-refractivity contribution in [1.29, 1.82) is 0 Å². The van der Waals surface area contributed by atoms with E-state index in [4.69, 9.17) is 4.74 Å². The van der Waals surface area contributed by atoms with E-state index in [1.165, 1.54) is 16.7 Å². The van der Waals surface area contributed by atoms with Crippen molar-refractivity contribution in [2.24, 2.45) is 13.0 Å². The molecule has 6 rings (SSSR count). The van der Waals surface area contributed by atoms with Crippen LogP contribution < -0.4 is 10.1 Å². The van der Waals surface area contributed by atoms with E-state index in [2.05, 4.69) is 60.6 Å². The monoisotopic (exact) mass is 658 g/mol. The minimum atomic E-state index is -0.332. The van der Waals surface area contributed by atoms with Gasteiger partial charge in [0.1, 0.15) is 11.9 Å². The largest absolute Gasteiger partial charge is 0.488 e. The molecule has 8 heteroatoms. The zero-order valence-electron chi connectivity index (χ0n) is 28.8. The Bertz CT molecular complexity index is 1900. The highest BCUT2D eigenvalue weighted by Crippen LogP contribution is 2.30. The van der Waals surface area contributed by atoms with Crippen LogP contribution in [0.2, 0.25) is 0 Å². The number of para-hydroxylation sites is 1. The quantitative estimate of drug-likeness (QED) is 0.184. The van der Waals surface area contributed by atoms with Crippen LogP contribution in [-0.4, -0.2) is 70.2 Å². The van der Waals surface area contributed by atoms with Gasteiger partial charge in [-0.3, -0.25) is 14.5 Å². The molecule has 0 saturated heterocycles. The van der Waals surface area contributed by atoms with E-state index in [1.807, 2.05) is 85.4 Å². The third-order valence-corrected chi connectivity index (χ3v) is 9.54. The number of aliphatic hydroxyl groups is 1.